The molecule has 0 saturated carbocycles. The number of para-hydroxylation sites is 4. The van der Waals surface area contributed by atoms with Crippen LogP contribution in [0, 0.1) is 0 Å². The van der Waals surface area contributed by atoms with Crippen LogP contribution in [0.4, 0.5) is 0 Å². The Balaban J connectivity index is 1.47. The lowest BCUT2D eigenvalue weighted by Crippen LogP contribution is -2.13. The van der Waals surface area contributed by atoms with E-state index < -0.39 is 5.44 Å². The van der Waals surface area contributed by atoms with E-state index in [1.807, 2.05) is 143 Å². The van der Waals surface area contributed by atoms with Crippen molar-refractivity contribution >= 4 is 95.7 Å². The molecule has 8 bridgehead atoms. The van der Waals surface area contributed by atoms with Gasteiger partial charge in [-0.3, -0.25) is 0 Å². The van der Waals surface area contributed by atoms with Crippen LogP contribution in [0.5, 0.6) is 23.0 Å². The van der Waals surface area contributed by atoms with Crippen molar-refractivity contribution in [1.29, 1.82) is 0 Å². The zero-order valence-corrected chi connectivity index (χ0v) is 41.8. The molecule has 0 aliphatic carbocycles. The number of benzene rings is 4. The summed E-state index contributed by atoms with van der Waals surface area (Å²) >= 11 is 19.4. The standard InChI is InChI=1S/C56H52N4O4S4/c1-5-48(65)61-44-21-13-9-17-38(44)42-31-37-30-35-26-25-33(57-35)29-34-27-28-36(58-34)32-43-52(39-18-10-14-22-45(39)62-49(66)6-2)53(40-19-11-15-23-46(40)63-50(67)7-3)56(60-43)54(55(42)59-37)41-20-12-16-24-47(41)64-51(68)8-4/h9-32,48-51,65-68H,5-8H2,1-4H3. The van der Waals surface area contributed by atoms with Gasteiger partial charge in [-0.15, -0.1) is 50.5 Å². The summed E-state index contributed by atoms with van der Waals surface area (Å²) in [5.74, 6) is 2.56. The lowest BCUT2D eigenvalue weighted by atomic mass is 9.85. The predicted molar refractivity (Wildman–Crippen MR) is 295 cm³/mol. The maximum absolute atomic E-state index is 6.74. The molecular weight excluding hydrogens is 921 g/mol. The van der Waals surface area contributed by atoms with E-state index in [-0.39, 0.29) is 16.3 Å². The quantitative estimate of drug-likeness (QED) is 0.0666. The first-order chi connectivity index (χ1) is 33.1. The first kappa shape index (κ1) is 47.2. The third-order valence-electron chi connectivity index (χ3n) is 11.6. The Bertz CT molecular complexity index is 3040. The highest BCUT2D eigenvalue weighted by atomic mass is 32.1. The summed E-state index contributed by atoms with van der Waals surface area (Å²) in [4.78, 5) is 21.5. The van der Waals surface area contributed by atoms with Gasteiger partial charge in [0.15, 0.2) is 0 Å². The fourth-order valence-corrected chi connectivity index (χ4v) is 8.62. The average molecular weight is 973 g/mol. The molecule has 0 saturated heterocycles. The van der Waals surface area contributed by atoms with Gasteiger partial charge in [0.05, 0.1) is 45.6 Å². The Kier molecular flexibility index (Phi) is 14.7. The molecule has 344 valence electrons. The molecule has 0 N–H and O–H groups in total. The van der Waals surface area contributed by atoms with E-state index in [0.29, 0.717) is 82.8 Å². The lowest BCUT2D eigenvalue weighted by molar-refractivity contribution is 0.285. The van der Waals surface area contributed by atoms with Crippen molar-refractivity contribution in [1.82, 2.24) is 0 Å². The molecule has 4 atom stereocenters. The van der Waals surface area contributed by atoms with E-state index in [9.17, 15) is 0 Å². The number of thiol groups is 4. The number of hydrogen-bond acceptors (Lipinski definition) is 12. The zero-order valence-electron chi connectivity index (χ0n) is 38.2. The van der Waals surface area contributed by atoms with Gasteiger partial charge in [0.1, 0.15) is 44.7 Å². The van der Waals surface area contributed by atoms with Gasteiger partial charge in [-0.1, -0.05) is 100 Å². The van der Waals surface area contributed by atoms with E-state index in [2.05, 4.69) is 30.3 Å². The van der Waals surface area contributed by atoms with E-state index in [1.165, 1.54) is 0 Å². The minimum atomic E-state index is -0.403. The maximum atomic E-state index is 6.74. The molecular formula is C56H52N4O4S4. The van der Waals surface area contributed by atoms with E-state index in [4.69, 9.17) is 89.4 Å². The van der Waals surface area contributed by atoms with Gasteiger partial charge in [0.2, 0.25) is 0 Å². The molecule has 0 radical (unpaired) electrons. The summed E-state index contributed by atoms with van der Waals surface area (Å²) in [5.41, 5.74) is 10.4. The van der Waals surface area contributed by atoms with E-state index in [0.717, 1.165) is 56.1 Å². The molecule has 0 amide bonds. The average Bonchev–Trinajstić information content (AvgIpc) is 4.17. The second-order valence-corrected chi connectivity index (χ2v) is 18.6. The molecule has 0 fully saturated rings. The molecule has 5 aliphatic heterocycles. The van der Waals surface area contributed by atoms with Crippen LogP contribution in [-0.2, 0) is 0 Å². The largest absolute Gasteiger partial charge is 0.479 e. The summed E-state index contributed by atoms with van der Waals surface area (Å²) in [5, 5.41) is 0. The normalized spacial score (nSPS) is 17.9. The fraction of sp³-hybridized carbons (Fsp3) is 0.214. The van der Waals surface area contributed by atoms with Crippen LogP contribution in [0.2, 0.25) is 0 Å². The third-order valence-corrected chi connectivity index (χ3v) is 13.5. The zero-order chi connectivity index (χ0) is 47.3. The van der Waals surface area contributed by atoms with Crippen molar-refractivity contribution in [3.05, 3.63) is 191 Å². The number of nitrogens with zero attached hydrogens (tertiary/aromatic N) is 4. The van der Waals surface area contributed by atoms with Crippen molar-refractivity contribution in [2.45, 2.75) is 75.1 Å². The molecule has 68 heavy (non-hydrogen) atoms. The molecule has 4 aromatic carbocycles. The summed E-state index contributed by atoms with van der Waals surface area (Å²) in [6, 6.07) is 32.1. The van der Waals surface area contributed by atoms with Gasteiger partial charge in [0, 0.05) is 44.5 Å². The SMILES string of the molecule is CCC(S)Oc1ccccc1C1=CC2=CC3=NC(=CC4=NC(=CC5=NC(=C(c6ccccc6OC(S)CC)C1=N2)C(c1ccccc1OC(S)CC)=C5c1ccccc1OC(S)CC)C=C4)C=C3. The smallest absolute Gasteiger partial charge is 0.141 e. The number of hydrogen-bond donors (Lipinski definition) is 4. The summed E-state index contributed by atoms with van der Waals surface area (Å²) < 4.78 is 26.7. The number of rotatable bonds is 16. The van der Waals surface area contributed by atoms with Crippen LogP contribution >= 0.6 is 50.5 Å². The Morgan fingerprint density at radius 2 is 0.794 bits per heavy atom. The van der Waals surface area contributed by atoms with Crippen LogP contribution in [0.3, 0.4) is 0 Å². The van der Waals surface area contributed by atoms with Crippen LogP contribution in [0.1, 0.15) is 75.6 Å². The molecule has 5 aliphatic rings. The van der Waals surface area contributed by atoms with E-state index >= 15 is 0 Å². The molecule has 0 spiro atoms. The van der Waals surface area contributed by atoms with Crippen molar-refractivity contribution in [2.75, 3.05) is 0 Å². The Morgan fingerprint density at radius 1 is 0.397 bits per heavy atom. The first-order valence-electron chi connectivity index (χ1n) is 23.0. The van der Waals surface area contributed by atoms with Gasteiger partial charge in [-0.05, 0) is 98.6 Å². The molecule has 0 aromatic heterocycles. The second kappa shape index (κ2) is 21.2. The van der Waals surface area contributed by atoms with Crippen LogP contribution < -0.4 is 18.9 Å². The Labute approximate surface area is 420 Å². The molecule has 12 heteroatoms. The maximum Gasteiger partial charge on any atom is 0.141 e. The van der Waals surface area contributed by atoms with Crippen molar-refractivity contribution < 1.29 is 18.9 Å². The monoisotopic (exact) mass is 972 g/mol. The molecule has 4 unspecified atom stereocenters. The molecule has 8 nitrogen and oxygen atoms in total. The van der Waals surface area contributed by atoms with E-state index in [1.54, 1.807) is 0 Å². The first-order valence-corrected chi connectivity index (χ1v) is 25.0. The minimum absolute atomic E-state index is 0.346. The Hall–Kier alpha value is -5.92. The highest BCUT2D eigenvalue weighted by Gasteiger charge is 2.37. The van der Waals surface area contributed by atoms with Crippen LogP contribution in [0.15, 0.2) is 188 Å². The number of allylic oxidation sites excluding steroid dienone is 12. The van der Waals surface area contributed by atoms with Crippen molar-refractivity contribution in [2.24, 2.45) is 20.0 Å². The summed E-state index contributed by atoms with van der Waals surface area (Å²) in [6.45, 7) is 8.19. The number of ether oxygens (including phenoxy) is 4. The Morgan fingerprint density at radius 3 is 1.28 bits per heavy atom. The van der Waals surface area contributed by atoms with Crippen molar-refractivity contribution in [3.8, 4) is 23.0 Å². The van der Waals surface area contributed by atoms with Crippen molar-refractivity contribution in [3.63, 3.8) is 0 Å². The van der Waals surface area contributed by atoms with Gasteiger partial charge in [0.25, 0.3) is 0 Å². The van der Waals surface area contributed by atoms with Gasteiger partial charge < -0.3 is 18.9 Å². The minimum Gasteiger partial charge on any atom is -0.479 e. The highest BCUT2D eigenvalue weighted by molar-refractivity contribution is 7.81. The predicted octanol–water partition coefficient (Wildman–Crippen LogP) is 13.9. The number of fused-ring (bicyclic) bond motifs is 4. The number of aliphatic imine (C=N–C) groups is 4. The summed E-state index contributed by atoms with van der Waals surface area (Å²) in [7, 11) is 0. The molecule has 4 aromatic rings. The third kappa shape index (κ3) is 10.1. The van der Waals surface area contributed by atoms with Gasteiger partial charge in [-0.2, -0.15) is 0 Å². The van der Waals surface area contributed by atoms with Crippen LogP contribution in [-0.4, -0.2) is 44.6 Å². The second-order valence-electron chi connectivity index (χ2n) is 16.3. The van der Waals surface area contributed by atoms with Gasteiger partial charge >= 0.3 is 0 Å². The highest BCUT2D eigenvalue weighted by Crippen LogP contribution is 2.51. The topological polar surface area (TPSA) is 86.4 Å². The summed E-state index contributed by atoms with van der Waals surface area (Å²) in [6.07, 6.45) is 18.8. The molecule has 5 heterocycles. The van der Waals surface area contributed by atoms with Crippen LogP contribution in [0.25, 0.3) is 22.3 Å². The fourth-order valence-electron chi connectivity index (χ4n) is 8.17. The van der Waals surface area contributed by atoms with Gasteiger partial charge in [-0.25, -0.2) is 20.0 Å². The molecule has 9 rings (SSSR count). The lowest BCUT2D eigenvalue weighted by Gasteiger charge is -2.23.